The van der Waals surface area contributed by atoms with Gasteiger partial charge in [0.1, 0.15) is 5.75 Å². The van der Waals surface area contributed by atoms with Gasteiger partial charge in [0.25, 0.3) is 0 Å². The molecule has 1 aliphatic heterocycles. The summed E-state index contributed by atoms with van der Waals surface area (Å²) in [6.07, 6.45) is 2.42. The van der Waals surface area contributed by atoms with Crippen molar-refractivity contribution in [3.63, 3.8) is 0 Å². The minimum absolute atomic E-state index is 0.319. The van der Waals surface area contributed by atoms with Gasteiger partial charge in [0.2, 0.25) is 0 Å². The highest BCUT2D eigenvalue weighted by molar-refractivity contribution is 5.35. The van der Waals surface area contributed by atoms with E-state index in [4.69, 9.17) is 4.74 Å². The van der Waals surface area contributed by atoms with E-state index >= 15 is 0 Å². The van der Waals surface area contributed by atoms with Crippen molar-refractivity contribution >= 4 is 0 Å². The summed E-state index contributed by atoms with van der Waals surface area (Å²) in [4.78, 5) is 0. The summed E-state index contributed by atoms with van der Waals surface area (Å²) in [6, 6.07) is 8.61. The van der Waals surface area contributed by atoms with Crippen molar-refractivity contribution in [2.45, 2.75) is 32.1 Å². The van der Waals surface area contributed by atoms with Crippen LogP contribution in [0.2, 0.25) is 0 Å². The topological polar surface area (TPSA) is 21.3 Å². The Kier molecular flexibility index (Phi) is 3.72. The van der Waals surface area contributed by atoms with Gasteiger partial charge in [-0.25, -0.2) is 0 Å². The first-order valence-electron chi connectivity index (χ1n) is 6.58. The summed E-state index contributed by atoms with van der Waals surface area (Å²) in [6.45, 7) is 6.90. The second-order valence-electron chi connectivity index (χ2n) is 5.10. The van der Waals surface area contributed by atoms with Gasteiger partial charge in [-0.3, -0.25) is 0 Å². The molecule has 94 valence electrons. The van der Waals surface area contributed by atoms with E-state index < -0.39 is 0 Å². The van der Waals surface area contributed by atoms with E-state index in [1.807, 2.05) is 6.07 Å². The predicted molar refractivity (Wildman–Crippen MR) is 71.6 cm³/mol. The van der Waals surface area contributed by atoms with Gasteiger partial charge in [-0.15, -0.1) is 0 Å². The van der Waals surface area contributed by atoms with Gasteiger partial charge in [0.05, 0.1) is 7.11 Å². The molecule has 0 bridgehead atoms. The van der Waals surface area contributed by atoms with E-state index in [1.165, 1.54) is 18.4 Å². The van der Waals surface area contributed by atoms with Crippen molar-refractivity contribution in [1.29, 1.82) is 0 Å². The van der Waals surface area contributed by atoms with E-state index in [1.54, 1.807) is 7.11 Å². The Labute approximate surface area is 104 Å². The maximum atomic E-state index is 5.35. The molecular weight excluding hydrogens is 210 g/mol. The number of hydrogen-bond acceptors (Lipinski definition) is 2. The number of ether oxygens (including phenoxy) is 1. The molecule has 0 amide bonds. The lowest BCUT2D eigenvalue weighted by molar-refractivity contribution is 0.207. The van der Waals surface area contributed by atoms with Crippen LogP contribution in [-0.2, 0) is 5.41 Å². The molecule has 2 atom stereocenters. The molecule has 1 aliphatic rings. The molecule has 0 spiro atoms. The number of methoxy groups -OCH3 is 1. The van der Waals surface area contributed by atoms with Crippen molar-refractivity contribution in [2.75, 3.05) is 20.2 Å². The van der Waals surface area contributed by atoms with Crippen LogP contribution in [-0.4, -0.2) is 20.2 Å². The van der Waals surface area contributed by atoms with Gasteiger partial charge >= 0.3 is 0 Å². The van der Waals surface area contributed by atoms with E-state index in [-0.39, 0.29) is 0 Å². The predicted octanol–water partition coefficient (Wildman–Crippen LogP) is 2.97. The van der Waals surface area contributed by atoms with Crippen LogP contribution in [0.4, 0.5) is 0 Å². The largest absolute Gasteiger partial charge is 0.497 e. The first-order valence-corrected chi connectivity index (χ1v) is 6.58. The molecule has 1 aromatic carbocycles. The zero-order chi connectivity index (χ0) is 12.3. The average Bonchev–Trinajstić information content (AvgIpc) is 2.40. The average molecular weight is 233 g/mol. The molecule has 0 radical (unpaired) electrons. The Bertz CT molecular complexity index is 377. The minimum Gasteiger partial charge on any atom is -0.497 e. The van der Waals surface area contributed by atoms with Crippen LogP contribution >= 0.6 is 0 Å². The lowest BCUT2D eigenvalue weighted by Crippen LogP contribution is -2.46. The molecule has 2 unspecified atom stereocenters. The molecule has 2 heteroatoms. The summed E-state index contributed by atoms with van der Waals surface area (Å²) in [5.41, 5.74) is 1.76. The lowest BCUT2D eigenvalue weighted by Gasteiger charge is -2.43. The molecule has 1 N–H and O–H groups in total. The van der Waals surface area contributed by atoms with Crippen LogP contribution in [0.1, 0.15) is 32.3 Å². The number of hydrogen-bond donors (Lipinski definition) is 1. The zero-order valence-electron chi connectivity index (χ0n) is 11.1. The number of piperidine rings is 1. The SMILES string of the molecule is CCC1(c2cccc(OC)c2)CCNCC1C. The molecule has 0 saturated carbocycles. The summed E-state index contributed by atoms with van der Waals surface area (Å²) in [7, 11) is 1.74. The Morgan fingerprint density at radius 1 is 1.47 bits per heavy atom. The fourth-order valence-electron chi connectivity index (χ4n) is 3.16. The number of nitrogens with one attached hydrogen (secondary N) is 1. The Balaban J connectivity index is 2.38. The molecule has 2 rings (SSSR count). The summed E-state index contributed by atoms with van der Waals surface area (Å²) < 4.78 is 5.35. The molecule has 2 nitrogen and oxygen atoms in total. The third-order valence-corrected chi connectivity index (χ3v) is 4.42. The van der Waals surface area contributed by atoms with Crippen LogP contribution in [0.25, 0.3) is 0 Å². The number of benzene rings is 1. The van der Waals surface area contributed by atoms with Crippen LogP contribution in [0, 0.1) is 5.92 Å². The normalized spacial score (nSPS) is 29.0. The molecule has 1 fully saturated rings. The fourth-order valence-corrected chi connectivity index (χ4v) is 3.16. The first kappa shape index (κ1) is 12.4. The van der Waals surface area contributed by atoms with E-state index in [0.717, 1.165) is 18.8 Å². The highest BCUT2D eigenvalue weighted by Crippen LogP contribution is 2.41. The van der Waals surface area contributed by atoms with Crippen LogP contribution < -0.4 is 10.1 Å². The van der Waals surface area contributed by atoms with Gasteiger partial charge in [-0.05, 0) is 49.5 Å². The van der Waals surface area contributed by atoms with Crippen LogP contribution in [0.15, 0.2) is 24.3 Å². The summed E-state index contributed by atoms with van der Waals surface area (Å²) in [5, 5.41) is 3.49. The van der Waals surface area contributed by atoms with Gasteiger partial charge in [0, 0.05) is 5.41 Å². The molecule has 1 aromatic rings. The Morgan fingerprint density at radius 3 is 2.94 bits per heavy atom. The van der Waals surface area contributed by atoms with Crippen LogP contribution in [0.5, 0.6) is 5.75 Å². The summed E-state index contributed by atoms with van der Waals surface area (Å²) >= 11 is 0. The van der Waals surface area contributed by atoms with Crippen molar-refractivity contribution in [3.05, 3.63) is 29.8 Å². The van der Waals surface area contributed by atoms with Crippen molar-refractivity contribution in [2.24, 2.45) is 5.92 Å². The smallest absolute Gasteiger partial charge is 0.119 e. The van der Waals surface area contributed by atoms with Crippen molar-refractivity contribution in [1.82, 2.24) is 5.32 Å². The standard InChI is InChI=1S/C15H23NO/c1-4-15(8-9-16-11-12(15)2)13-6-5-7-14(10-13)17-3/h5-7,10,12,16H,4,8-9,11H2,1-3H3. The Morgan fingerprint density at radius 2 is 2.29 bits per heavy atom. The van der Waals surface area contributed by atoms with Crippen LogP contribution in [0.3, 0.4) is 0 Å². The highest BCUT2D eigenvalue weighted by atomic mass is 16.5. The third-order valence-electron chi connectivity index (χ3n) is 4.42. The maximum absolute atomic E-state index is 5.35. The Hall–Kier alpha value is -1.02. The molecular formula is C15H23NO. The molecule has 1 heterocycles. The molecule has 17 heavy (non-hydrogen) atoms. The van der Waals surface area contributed by atoms with E-state index in [0.29, 0.717) is 11.3 Å². The van der Waals surface area contributed by atoms with Crippen molar-refractivity contribution < 1.29 is 4.74 Å². The molecule has 1 saturated heterocycles. The van der Waals surface area contributed by atoms with Gasteiger partial charge in [-0.2, -0.15) is 0 Å². The van der Waals surface area contributed by atoms with Gasteiger partial charge in [-0.1, -0.05) is 26.0 Å². The fraction of sp³-hybridized carbons (Fsp3) is 0.600. The highest BCUT2D eigenvalue weighted by Gasteiger charge is 2.38. The van der Waals surface area contributed by atoms with E-state index in [2.05, 4.69) is 37.4 Å². The van der Waals surface area contributed by atoms with E-state index in [9.17, 15) is 0 Å². The van der Waals surface area contributed by atoms with Crippen molar-refractivity contribution in [3.8, 4) is 5.75 Å². The quantitative estimate of drug-likeness (QED) is 0.866. The second kappa shape index (κ2) is 5.09. The lowest BCUT2D eigenvalue weighted by atomic mass is 9.65. The monoisotopic (exact) mass is 233 g/mol. The van der Waals surface area contributed by atoms with Gasteiger partial charge in [0.15, 0.2) is 0 Å². The maximum Gasteiger partial charge on any atom is 0.119 e. The first-order chi connectivity index (χ1) is 8.23. The number of rotatable bonds is 3. The third kappa shape index (κ3) is 2.19. The molecule has 0 aromatic heterocycles. The van der Waals surface area contributed by atoms with Gasteiger partial charge < -0.3 is 10.1 Å². The molecule has 0 aliphatic carbocycles. The summed E-state index contributed by atoms with van der Waals surface area (Å²) in [5.74, 6) is 1.65. The minimum atomic E-state index is 0.319. The zero-order valence-corrected chi connectivity index (χ0v) is 11.1. The second-order valence-corrected chi connectivity index (χ2v) is 5.10.